The number of unbranched alkanes of at least 4 members (excludes halogenated alkanes) is 7. The second-order valence-electron chi connectivity index (χ2n) is 10.4. The normalized spacial score (nSPS) is 13.1. The van der Waals surface area contributed by atoms with Gasteiger partial charge in [-0.3, -0.25) is 4.79 Å². The average Bonchev–Trinajstić information content (AvgIpc) is 2.84. The molecule has 2 aromatic rings. The van der Waals surface area contributed by atoms with E-state index in [-0.39, 0.29) is 41.0 Å². The molecule has 3 nitrogen and oxygen atoms in total. The minimum atomic E-state index is -5.00. The monoisotopic (exact) mass is 560 g/mol. The first-order valence-corrected chi connectivity index (χ1v) is 13.5. The predicted octanol–water partition coefficient (Wildman–Crippen LogP) is 9.91. The lowest BCUT2D eigenvalue weighted by Gasteiger charge is -2.20. The molecular weight excluding hydrogens is 522 g/mol. The van der Waals surface area contributed by atoms with Crippen LogP contribution in [-0.4, -0.2) is 17.7 Å². The lowest BCUT2D eigenvalue weighted by atomic mass is 9.88. The summed E-state index contributed by atoms with van der Waals surface area (Å²) in [5, 5.41) is 10.3. The van der Waals surface area contributed by atoms with Crippen molar-refractivity contribution in [2.24, 2.45) is 5.92 Å². The van der Waals surface area contributed by atoms with Gasteiger partial charge in [0.1, 0.15) is 5.75 Å². The van der Waals surface area contributed by atoms with E-state index in [0.717, 1.165) is 25.3 Å². The number of phenols is 1. The Balaban J connectivity index is 2.26. The Hall–Kier alpha value is -2.71. The van der Waals surface area contributed by atoms with Crippen molar-refractivity contribution in [2.45, 2.75) is 96.8 Å². The molecule has 1 N–H and O–H groups in total. The van der Waals surface area contributed by atoms with Crippen molar-refractivity contribution in [3.05, 3.63) is 53.1 Å². The molecule has 9 heteroatoms. The highest BCUT2D eigenvalue weighted by Crippen LogP contribution is 2.40. The lowest BCUT2D eigenvalue weighted by molar-refractivity contribution is -0.146. The molecule has 1 atom stereocenters. The number of phenolic OH excluding ortho intramolecular Hbond substituents is 1. The van der Waals surface area contributed by atoms with E-state index >= 15 is 0 Å². The van der Waals surface area contributed by atoms with Gasteiger partial charge in [-0.05, 0) is 65.8 Å². The molecule has 0 aromatic heterocycles. The molecule has 0 heterocycles. The van der Waals surface area contributed by atoms with Gasteiger partial charge in [0.05, 0.1) is 23.7 Å². The van der Waals surface area contributed by atoms with E-state index in [0.29, 0.717) is 25.0 Å². The van der Waals surface area contributed by atoms with Gasteiger partial charge in [0.15, 0.2) is 0 Å². The van der Waals surface area contributed by atoms with Crippen LogP contribution in [-0.2, 0) is 21.9 Å². The molecule has 39 heavy (non-hydrogen) atoms. The van der Waals surface area contributed by atoms with Crippen LogP contribution in [0.15, 0.2) is 36.4 Å². The Kier molecular flexibility index (Phi) is 12.2. The summed E-state index contributed by atoms with van der Waals surface area (Å²) in [6.07, 6.45) is -1.09. The van der Waals surface area contributed by atoms with Gasteiger partial charge in [0.25, 0.3) is 0 Å². The number of esters is 1. The number of carbonyl (C=O) groups is 1. The zero-order valence-electron chi connectivity index (χ0n) is 22.7. The minimum Gasteiger partial charge on any atom is -0.508 e. The number of carbonyl (C=O) groups excluding carboxylic acids is 1. The van der Waals surface area contributed by atoms with Gasteiger partial charge in [0, 0.05) is 0 Å². The molecule has 0 bridgehead atoms. The SMILES string of the molecule is CCCCCCCCCCOC(=O)C(CC(C)C)c1cc(O)cc(-c2cc(C(F)(F)F)cc(C(F)(F)F)c2)c1. The van der Waals surface area contributed by atoms with Crippen LogP contribution < -0.4 is 0 Å². The van der Waals surface area contributed by atoms with Crippen LogP contribution in [0.3, 0.4) is 0 Å². The summed E-state index contributed by atoms with van der Waals surface area (Å²) in [5.41, 5.74) is -3.08. The standard InChI is InChI=1S/C30H38F6O3/c1-4-5-6-7-8-9-10-11-12-39-28(38)27(13-20(2)3)23-14-21(17-26(37)18-23)22-15-24(29(31,32)33)19-25(16-22)30(34,35)36/h14-20,27,37H,4-13H2,1-3H3. The molecule has 0 fully saturated rings. The molecule has 218 valence electrons. The number of ether oxygens (including phenoxy) is 1. The molecule has 0 radical (unpaired) electrons. The van der Waals surface area contributed by atoms with Crippen LogP contribution in [0.5, 0.6) is 5.75 Å². The summed E-state index contributed by atoms with van der Waals surface area (Å²) in [6.45, 7) is 6.14. The van der Waals surface area contributed by atoms with Gasteiger partial charge in [0.2, 0.25) is 0 Å². The molecule has 0 aliphatic heterocycles. The number of rotatable bonds is 14. The van der Waals surface area contributed by atoms with E-state index in [9.17, 15) is 36.2 Å². The van der Waals surface area contributed by atoms with E-state index in [2.05, 4.69) is 6.92 Å². The Morgan fingerprint density at radius 3 is 1.79 bits per heavy atom. The molecular formula is C30H38F6O3. The van der Waals surface area contributed by atoms with Crippen LogP contribution in [0.1, 0.15) is 101 Å². The van der Waals surface area contributed by atoms with Crippen molar-refractivity contribution in [1.82, 2.24) is 0 Å². The molecule has 0 saturated carbocycles. The van der Waals surface area contributed by atoms with Gasteiger partial charge in [-0.2, -0.15) is 26.3 Å². The van der Waals surface area contributed by atoms with Crippen LogP contribution in [0.2, 0.25) is 0 Å². The Morgan fingerprint density at radius 1 is 0.769 bits per heavy atom. The third-order valence-corrected chi connectivity index (χ3v) is 6.50. The molecule has 2 aromatic carbocycles. The van der Waals surface area contributed by atoms with E-state index in [1.165, 1.54) is 37.8 Å². The zero-order chi connectivity index (χ0) is 29.2. The average molecular weight is 561 g/mol. The van der Waals surface area contributed by atoms with Gasteiger partial charge in [-0.15, -0.1) is 0 Å². The highest BCUT2D eigenvalue weighted by atomic mass is 19.4. The minimum absolute atomic E-state index is 0.0295. The van der Waals surface area contributed by atoms with E-state index < -0.39 is 35.4 Å². The van der Waals surface area contributed by atoms with Crippen molar-refractivity contribution in [3.63, 3.8) is 0 Å². The number of aromatic hydroxyl groups is 1. The zero-order valence-corrected chi connectivity index (χ0v) is 22.7. The fraction of sp³-hybridized carbons (Fsp3) is 0.567. The van der Waals surface area contributed by atoms with Gasteiger partial charge >= 0.3 is 18.3 Å². The number of benzene rings is 2. The van der Waals surface area contributed by atoms with Crippen molar-refractivity contribution in [2.75, 3.05) is 6.61 Å². The first kappa shape index (κ1) is 32.5. The highest BCUT2D eigenvalue weighted by Gasteiger charge is 2.37. The van der Waals surface area contributed by atoms with Crippen LogP contribution in [0, 0.1) is 5.92 Å². The maximum Gasteiger partial charge on any atom is 0.416 e. The molecule has 0 aliphatic rings. The van der Waals surface area contributed by atoms with Gasteiger partial charge < -0.3 is 9.84 Å². The topological polar surface area (TPSA) is 46.5 Å². The predicted molar refractivity (Wildman–Crippen MR) is 139 cm³/mol. The molecule has 0 spiro atoms. The lowest BCUT2D eigenvalue weighted by Crippen LogP contribution is -2.18. The summed E-state index contributed by atoms with van der Waals surface area (Å²) in [6, 6.07) is 4.98. The van der Waals surface area contributed by atoms with Crippen molar-refractivity contribution >= 4 is 5.97 Å². The maximum absolute atomic E-state index is 13.4. The fourth-order valence-electron chi connectivity index (χ4n) is 4.47. The Bertz CT molecular complexity index is 1030. The molecule has 2 rings (SSSR count). The number of hydrogen-bond acceptors (Lipinski definition) is 3. The highest BCUT2D eigenvalue weighted by molar-refractivity contribution is 5.80. The van der Waals surface area contributed by atoms with Crippen molar-refractivity contribution in [1.29, 1.82) is 0 Å². The Morgan fingerprint density at radius 2 is 1.28 bits per heavy atom. The largest absolute Gasteiger partial charge is 0.508 e. The quantitative estimate of drug-likeness (QED) is 0.142. The van der Waals surface area contributed by atoms with E-state index in [1.54, 1.807) is 0 Å². The molecule has 0 aliphatic carbocycles. The van der Waals surface area contributed by atoms with Crippen molar-refractivity contribution in [3.8, 4) is 16.9 Å². The first-order chi connectivity index (χ1) is 18.2. The Labute approximate surface area is 226 Å². The number of alkyl halides is 6. The molecule has 1 unspecified atom stereocenters. The fourth-order valence-corrected chi connectivity index (χ4v) is 4.47. The van der Waals surface area contributed by atoms with Crippen LogP contribution in [0.25, 0.3) is 11.1 Å². The molecule has 0 saturated heterocycles. The summed E-state index contributed by atoms with van der Waals surface area (Å²) in [7, 11) is 0. The molecule has 0 amide bonds. The number of halogens is 6. The second kappa shape index (κ2) is 14.6. The van der Waals surface area contributed by atoms with E-state index in [4.69, 9.17) is 4.74 Å². The van der Waals surface area contributed by atoms with Crippen molar-refractivity contribution < 1.29 is 41.0 Å². The third-order valence-electron chi connectivity index (χ3n) is 6.50. The third kappa shape index (κ3) is 10.8. The summed E-state index contributed by atoms with van der Waals surface area (Å²) in [4.78, 5) is 13.0. The summed E-state index contributed by atoms with van der Waals surface area (Å²) in [5.74, 6) is -1.72. The van der Waals surface area contributed by atoms with Crippen LogP contribution in [0.4, 0.5) is 26.3 Å². The number of hydrogen-bond donors (Lipinski definition) is 1. The second-order valence-corrected chi connectivity index (χ2v) is 10.4. The van der Waals surface area contributed by atoms with Crippen LogP contribution >= 0.6 is 0 Å². The van der Waals surface area contributed by atoms with E-state index in [1.807, 2.05) is 13.8 Å². The summed E-state index contributed by atoms with van der Waals surface area (Å²) >= 11 is 0. The van der Waals surface area contributed by atoms with Gasteiger partial charge in [-0.1, -0.05) is 71.8 Å². The maximum atomic E-state index is 13.4. The summed E-state index contributed by atoms with van der Waals surface area (Å²) < 4.78 is 85.8. The first-order valence-electron chi connectivity index (χ1n) is 13.5. The van der Waals surface area contributed by atoms with Gasteiger partial charge in [-0.25, -0.2) is 0 Å². The smallest absolute Gasteiger partial charge is 0.416 e.